The fraction of sp³-hybridized carbons (Fsp3) is 0.417. The third-order valence-corrected chi connectivity index (χ3v) is 3.32. The van der Waals surface area contributed by atoms with E-state index in [0.717, 1.165) is 5.82 Å². The van der Waals surface area contributed by atoms with Crippen LogP contribution in [0.1, 0.15) is 10.7 Å². The number of imidazole rings is 1. The van der Waals surface area contributed by atoms with Crippen molar-refractivity contribution in [2.75, 3.05) is 6.61 Å². The molecule has 2 heterocycles. The van der Waals surface area contributed by atoms with E-state index in [9.17, 15) is 5.11 Å². The molecule has 0 fully saturated rings. The van der Waals surface area contributed by atoms with Crippen LogP contribution in [0, 0.1) is 6.92 Å². The molecule has 0 radical (unpaired) electrons. The molecule has 0 saturated heterocycles. The van der Waals surface area contributed by atoms with Crippen molar-refractivity contribution in [3.63, 3.8) is 0 Å². The molecular formula is C12H16N2O2S. The number of aliphatic hydroxyl groups excluding tert-OH is 1. The molecule has 0 spiro atoms. The van der Waals surface area contributed by atoms with Crippen LogP contribution in [0.2, 0.25) is 0 Å². The van der Waals surface area contributed by atoms with E-state index in [0.29, 0.717) is 19.8 Å². The van der Waals surface area contributed by atoms with Crippen molar-refractivity contribution in [2.45, 2.75) is 26.2 Å². The third-order valence-electron chi connectivity index (χ3n) is 2.47. The van der Waals surface area contributed by atoms with Gasteiger partial charge in [-0.3, -0.25) is 0 Å². The molecule has 5 heteroatoms. The summed E-state index contributed by atoms with van der Waals surface area (Å²) in [5, 5.41) is 11.8. The maximum Gasteiger partial charge on any atom is 0.105 e. The Morgan fingerprint density at radius 2 is 2.47 bits per heavy atom. The van der Waals surface area contributed by atoms with Gasteiger partial charge in [0, 0.05) is 17.3 Å². The maximum atomic E-state index is 9.80. The Hall–Kier alpha value is -1.17. The van der Waals surface area contributed by atoms with Crippen LogP contribution in [0.3, 0.4) is 0 Å². The summed E-state index contributed by atoms with van der Waals surface area (Å²) >= 11 is 1.66. The van der Waals surface area contributed by atoms with Gasteiger partial charge >= 0.3 is 0 Å². The van der Waals surface area contributed by atoms with Gasteiger partial charge in [-0.2, -0.15) is 0 Å². The second-order valence-corrected chi connectivity index (χ2v) is 4.91. The lowest BCUT2D eigenvalue weighted by atomic mass is 10.3. The molecule has 0 aliphatic heterocycles. The molecular weight excluding hydrogens is 236 g/mol. The fourth-order valence-electron chi connectivity index (χ4n) is 1.57. The quantitative estimate of drug-likeness (QED) is 0.853. The highest BCUT2D eigenvalue weighted by atomic mass is 32.1. The standard InChI is InChI=1S/C12H16N2O2S/c1-10-13-4-5-14(10)7-11(15)8-16-9-12-3-2-6-17-12/h2-6,11,15H,7-9H2,1H3. The Morgan fingerprint density at radius 1 is 1.59 bits per heavy atom. The molecule has 0 aliphatic carbocycles. The van der Waals surface area contributed by atoms with Gasteiger partial charge in [-0.25, -0.2) is 4.98 Å². The van der Waals surface area contributed by atoms with Crippen LogP contribution in [-0.2, 0) is 17.9 Å². The van der Waals surface area contributed by atoms with Crippen LogP contribution in [-0.4, -0.2) is 27.4 Å². The number of aromatic nitrogens is 2. The normalized spacial score (nSPS) is 12.8. The predicted octanol–water partition coefficient (Wildman–Crippen LogP) is 1.83. The van der Waals surface area contributed by atoms with Crippen LogP contribution in [0.4, 0.5) is 0 Å². The second kappa shape index (κ2) is 5.95. The molecule has 1 unspecified atom stereocenters. The Morgan fingerprint density at radius 3 is 3.12 bits per heavy atom. The predicted molar refractivity (Wildman–Crippen MR) is 66.9 cm³/mol. The van der Waals surface area contributed by atoms with Gasteiger partial charge in [-0.15, -0.1) is 11.3 Å². The monoisotopic (exact) mass is 252 g/mol. The number of nitrogens with zero attached hydrogens (tertiary/aromatic N) is 2. The number of thiophene rings is 1. The zero-order chi connectivity index (χ0) is 12.1. The van der Waals surface area contributed by atoms with Gasteiger partial charge in [-0.1, -0.05) is 6.07 Å². The van der Waals surface area contributed by atoms with E-state index in [1.165, 1.54) is 4.88 Å². The lowest BCUT2D eigenvalue weighted by molar-refractivity contribution is 0.0210. The number of rotatable bonds is 6. The first kappa shape index (κ1) is 12.3. The third kappa shape index (κ3) is 3.66. The highest BCUT2D eigenvalue weighted by Gasteiger charge is 2.07. The molecule has 17 heavy (non-hydrogen) atoms. The van der Waals surface area contributed by atoms with Crippen LogP contribution >= 0.6 is 11.3 Å². The van der Waals surface area contributed by atoms with Crippen LogP contribution in [0.25, 0.3) is 0 Å². The smallest absolute Gasteiger partial charge is 0.105 e. The molecule has 1 N–H and O–H groups in total. The Balaban J connectivity index is 1.71. The van der Waals surface area contributed by atoms with Gasteiger partial charge in [0.25, 0.3) is 0 Å². The molecule has 2 aromatic rings. The van der Waals surface area contributed by atoms with Crippen molar-refractivity contribution in [1.29, 1.82) is 0 Å². The van der Waals surface area contributed by atoms with Crippen molar-refractivity contribution in [3.05, 3.63) is 40.6 Å². The van der Waals surface area contributed by atoms with Gasteiger partial charge < -0.3 is 14.4 Å². The first-order chi connectivity index (χ1) is 8.25. The van der Waals surface area contributed by atoms with Crippen molar-refractivity contribution in [3.8, 4) is 0 Å². The van der Waals surface area contributed by atoms with E-state index < -0.39 is 6.10 Å². The summed E-state index contributed by atoms with van der Waals surface area (Å²) in [5.74, 6) is 0.905. The molecule has 0 saturated carbocycles. The molecule has 2 aromatic heterocycles. The van der Waals surface area contributed by atoms with E-state index in [1.807, 2.05) is 35.2 Å². The minimum absolute atomic E-state index is 0.343. The molecule has 0 bridgehead atoms. The first-order valence-corrected chi connectivity index (χ1v) is 6.39. The van der Waals surface area contributed by atoms with Crippen LogP contribution < -0.4 is 0 Å². The van der Waals surface area contributed by atoms with Crippen LogP contribution in [0.15, 0.2) is 29.9 Å². The fourth-order valence-corrected chi connectivity index (χ4v) is 2.21. The molecule has 1 atom stereocenters. The molecule has 0 amide bonds. The summed E-state index contributed by atoms with van der Waals surface area (Å²) in [6.45, 7) is 3.35. The van der Waals surface area contributed by atoms with Crippen molar-refractivity contribution >= 4 is 11.3 Å². The van der Waals surface area contributed by atoms with E-state index >= 15 is 0 Å². The highest BCUT2D eigenvalue weighted by molar-refractivity contribution is 7.09. The van der Waals surface area contributed by atoms with E-state index in [-0.39, 0.29) is 0 Å². The van der Waals surface area contributed by atoms with Gasteiger partial charge in [0.2, 0.25) is 0 Å². The summed E-state index contributed by atoms with van der Waals surface area (Å²) < 4.78 is 7.37. The van der Waals surface area contributed by atoms with Gasteiger partial charge in [0.1, 0.15) is 5.82 Å². The van der Waals surface area contributed by atoms with Gasteiger partial charge in [0.15, 0.2) is 0 Å². The van der Waals surface area contributed by atoms with Gasteiger partial charge in [-0.05, 0) is 18.4 Å². The topological polar surface area (TPSA) is 47.3 Å². The molecule has 4 nitrogen and oxygen atoms in total. The summed E-state index contributed by atoms with van der Waals surface area (Å²) in [5.41, 5.74) is 0. The second-order valence-electron chi connectivity index (χ2n) is 3.88. The Bertz CT molecular complexity index is 439. The number of hydrogen-bond acceptors (Lipinski definition) is 4. The van der Waals surface area contributed by atoms with E-state index in [1.54, 1.807) is 17.5 Å². The van der Waals surface area contributed by atoms with E-state index in [2.05, 4.69) is 4.98 Å². The molecule has 0 aromatic carbocycles. The number of hydrogen-bond donors (Lipinski definition) is 1. The first-order valence-electron chi connectivity index (χ1n) is 5.51. The largest absolute Gasteiger partial charge is 0.389 e. The zero-order valence-electron chi connectivity index (χ0n) is 9.74. The van der Waals surface area contributed by atoms with Crippen LogP contribution in [0.5, 0.6) is 0 Å². The zero-order valence-corrected chi connectivity index (χ0v) is 10.6. The minimum Gasteiger partial charge on any atom is -0.389 e. The maximum absolute atomic E-state index is 9.80. The highest BCUT2D eigenvalue weighted by Crippen LogP contribution is 2.09. The van der Waals surface area contributed by atoms with Gasteiger partial charge in [0.05, 0.1) is 25.9 Å². The van der Waals surface area contributed by atoms with Crippen molar-refractivity contribution in [1.82, 2.24) is 9.55 Å². The van der Waals surface area contributed by atoms with Crippen molar-refractivity contribution < 1.29 is 9.84 Å². The van der Waals surface area contributed by atoms with E-state index in [4.69, 9.17) is 4.74 Å². The number of aryl methyl sites for hydroxylation is 1. The van der Waals surface area contributed by atoms with Crippen molar-refractivity contribution in [2.24, 2.45) is 0 Å². The summed E-state index contributed by atoms with van der Waals surface area (Å²) in [7, 11) is 0. The Kier molecular flexibility index (Phi) is 4.30. The average Bonchev–Trinajstić information content (AvgIpc) is 2.92. The SMILES string of the molecule is Cc1nccn1CC(O)COCc1cccs1. The lowest BCUT2D eigenvalue weighted by Crippen LogP contribution is -2.22. The summed E-state index contributed by atoms with van der Waals surface area (Å²) in [6, 6.07) is 4.02. The minimum atomic E-state index is -0.497. The average molecular weight is 252 g/mol. The molecule has 92 valence electrons. The number of ether oxygens (including phenoxy) is 1. The molecule has 2 rings (SSSR count). The lowest BCUT2D eigenvalue weighted by Gasteiger charge is -2.12. The Labute approximate surface area is 105 Å². The summed E-state index contributed by atoms with van der Waals surface area (Å²) in [6.07, 6.45) is 3.09. The molecule has 0 aliphatic rings. The number of aliphatic hydroxyl groups is 1. The summed E-state index contributed by atoms with van der Waals surface area (Å²) in [4.78, 5) is 5.28.